The first kappa shape index (κ1) is 26.7. The topological polar surface area (TPSA) is 139 Å². The van der Waals surface area contributed by atoms with Gasteiger partial charge in [-0.1, -0.05) is 44.2 Å². The zero-order chi connectivity index (χ0) is 27.6. The van der Waals surface area contributed by atoms with Gasteiger partial charge in [0.2, 0.25) is 11.8 Å². The number of amides is 2. The monoisotopic (exact) mass is 518 g/mol. The van der Waals surface area contributed by atoms with Gasteiger partial charge in [-0.2, -0.15) is 0 Å². The van der Waals surface area contributed by atoms with Crippen molar-refractivity contribution >= 4 is 39.7 Å². The lowest BCUT2D eigenvalue weighted by molar-refractivity contribution is -0.143. The average molecular weight is 519 g/mol. The molecule has 4 rings (SSSR count). The van der Waals surface area contributed by atoms with Crippen LogP contribution in [0.25, 0.3) is 33.1 Å². The van der Waals surface area contributed by atoms with Crippen molar-refractivity contribution in [2.75, 3.05) is 6.54 Å². The molecule has 198 valence electrons. The molecule has 2 heterocycles. The minimum Gasteiger partial charge on any atom is -0.480 e. The molecule has 0 saturated heterocycles. The zero-order valence-corrected chi connectivity index (χ0v) is 21.7. The molecule has 38 heavy (non-hydrogen) atoms. The molecule has 0 radical (unpaired) electrons. The number of carbonyl (C=O) groups is 3. The summed E-state index contributed by atoms with van der Waals surface area (Å²) in [6, 6.07) is 12.5. The van der Waals surface area contributed by atoms with Crippen LogP contribution in [0.1, 0.15) is 37.2 Å². The predicted molar refractivity (Wildman–Crippen MR) is 143 cm³/mol. The minimum atomic E-state index is -1.14. The fourth-order valence-corrected chi connectivity index (χ4v) is 4.60. The van der Waals surface area contributed by atoms with Gasteiger partial charge in [0, 0.05) is 34.4 Å². The number of hydrogen-bond acceptors (Lipinski definition) is 6. The van der Waals surface area contributed by atoms with Crippen molar-refractivity contribution in [2.45, 2.75) is 46.6 Å². The Bertz CT molecular complexity index is 1580. The van der Waals surface area contributed by atoms with E-state index in [1.54, 1.807) is 19.9 Å². The second-order valence-electron chi connectivity index (χ2n) is 9.64. The molecule has 3 N–H and O–H groups in total. The van der Waals surface area contributed by atoms with Crippen molar-refractivity contribution in [1.82, 2.24) is 10.6 Å². The van der Waals surface area contributed by atoms with E-state index >= 15 is 0 Å². The number of fused-ring (bicyclic) bond motifs is 2. The first-order valence-corrected chi connectivity index (χ1v) is 12.4. The number of nitrogens with one attached hydrogen (secondary N) is 2. The number of aliphatic carboxylic acids is 1. The highest BCUT2D eigenvalue weighted by atomic mass is 16.4. The van der Waals surface area contributed by atoms with Gasteiger partial charge in [0.15, 0.2) is 0 Å². The van der Waals surface area contributed by atoms with Crippen LogP contribution in [0.4, 0.5) is 0 Å². The van der Waals surface area contributed by atoms with E-state index in [0.717, 1.165) is 27.7 Å². The largest absolute Gasteiger partial charge is 0.480 e. The highest BCUT2D eigenvalue weighted by Crippen LogP contribution is 2.37. The van der Waals surface area contributed by atoms with Gasteiger partial charge in [0.05, 0.1) is 6.54 Å². The fourth-order valence-electron chi connectivity index (χ4n) is 4.60. The molecule has 0 bridgehead atoms. The zero-order valence-electron chi connectivity index (χ0n) is 21.7. The Kier molecular flexibility index (Phi) is 7.66. The van der Waals surface area contributed by atoms with Crippen LogP contribution in [0.3, 0.4) is 0 Å². The molecule has 0 aliphatic heterocycles. The molecule has 0 aliphatic rings. The summed E-state index contributed by atoms with van der Waals surface area (Å²) < 4.78 is 11.6. The average Bonchev–Trinajstić information content (AvgIpc) is 3.19. The van der Waals surface area contributed by atoms with Crippen molar-refractivity contribution in [3.63, 3.8) is 0 Å². The van der Waals surface area contributed by atoms with Gasteiger partial charge in [-0.15, -0.1) is 0 Å². The lowest BCUT2D eigenvalue weighted by atomic mass is 9.98. The summed E-state index contributed by atoms with van der Waals surface area (Å²) >= 11 is 0. The normalized spacial score (nSPS) is 12.1. The fraction of sp³-hybridized carbons (Fsp3) is 0.310. The summed E-state index contributed by atoms with van der Waals surface area (Å²) in [6.45, 7) is 6.71. The maximum Gasteiger partial charge on any atom is 0.339 e. The Hall–Kier alpha value is -4.40. The Labute approximate surface area is 218 Å². The molecule has 2 aromatic heterocycles. The lowest BCUT2D eigenvalue weighted by Gasteiger charge is -2.18. The van der Waals surface area contributed by atoms with Gasteiger partial charge in [0.1, 0.15) is 23.0 Å². The van der Waals surface area contributed by atoms with Crippen LogP contribution in [-0.2, 0) is 20.8 Å². The predicted octanol–water partition coefficient (Wildman–Crippen LogP) is 4.10. The number of furan rings is 1. The van der Waals surface area contributed by atoms with Gasteiger partial charge >= 0.3 is 11.6 Å². The highest BCUT2D eigenvalue weighted by molar-refractivity contribution is 6.03. The Morgan fingerprint density at radius 1 is 0.947 bits per heavy atom. The minimum absolute atomic E-state index is 0.0424. The second-order valence-corrected chi connectivity index (χ2v) is 9.64. The van der Waals surface area contributed by atoms with Gasteiger partial charge in [-0.05, 0) is 43.4 Å². The van der Waals surface area contributed by atoms with Crippen molar-refractivity contribution in [1.29, 1.82) is 0 Å². The van der Waals surface area contributed by atoms with Crippen LogP contribution in [0.15, 0.2) is 56.1 Å². The van der Waals surface area contributed by atoms with E-state index in [-0.39, 0.29) is 25.3 Å². The van der Waals surface area contributed by atoms with Crippen molar-refractivity contribution < 1.29 is 28.3 Å². The summed E-state index contributed by atoms with van der Waals surface area (Å²) in [7, 11) is 0. The summed E-state index contributed by atoms with van der Waals surface area (Å²) in [5.41, 5.74) is 3.55. The van der Waals surface area contributed by atoms with E-state index in [9.17, 15) is 24.3 Å². The third kappa shape index (κ3) is 5.46. The van der Waals surface area contributed by atoms with E-state index in [0.29, 0.717) is 22.3 Å². The van der Waals surface area contributed by atoms with Crippen LogP contribution in [0.5, 0.6) is 0 Å². The number of carboxylic acid groups (broad SMARTS) is 1. The van der Waals surface area contributed by atoms with Gasteiger partial charge in [-0.25, -0.2) is 9.59 Å². The molecular formula is C29H30N2O7. The molecule has 0 aliphatic carbocycles. The van der Waals surface area contributed by atoms with E-state index in [2.05, 4.69) is 10.6 Å². The van der Waals surface area contributed by atoms with Crippen molar-refractivity contribution in [2.24, 2.45) is 5.92 Å². The number of benzene rings is 2. The molecular weight excluding hydrogens is 488 g/mol. The quantitative estimate of drug-likeness (QED) is 0.284. The lowest BCUT2D eigenvalue weighted by Crippen LogP contribution is -2.48. The van der Waals surface area contributed by atoms with E-state index in [1.165, 1.54) is 0 Å². The summed E-state index contributed by atoms with van der Waals surface area (Å²) in [4.78, 5) is 48.5. The third-order valence-electron chi connectivity index (χ3n) is 6.63. The maximum absolute atomic E-state index is 12.8. The van der Waals surface area contributed by atoms with E-state index in [1.807, 2.05) is 50.2 Å². The first-order valence-electron chi connectivity index (χ1n) is 12.4. The molecule has 2 amide bonds. The molecule has 1 atom stereocenters. The molecule has 4 aromatic rings. The smallest absolute Gasteiger partial charge is 0.339 e. The molecule has 0 spiro atoms. The Morgan fingerprint density at radius 3 is 2.29 bits per heavy atom. The van der Waals surface area contributed by atoms with Crippen LogP contribution >= 0.6 is 0 Å². The van der Waals surface area contributed by atoms with Gasteiger partial charge < -0.3 is 24.6 Å². The molecule has 0 fully saturated rings. The van der Waals surface area contributed by atoms with Crippen LogP contribution in [-0.4, -0.2) is 35.5 Å². The summed E-state index contributed by atoms with van der Waals surface area (Å²) in [5, 5.41) is 15.7. The standard InChI is InChI=1S/C29H30N2O7/c1-15(2)27(28(34)35)31-25(33)14-30-24(32)11-10-19-16(3)20-12-21-23(13-22(20)38-29(19)36)37-17(4)26(21)18-8-6-5-7-9-18/h5-9,12-13,15,27H,10-11,14H2,1-4H3,(H,30,32)(H,31,33)(H,34,35)/t27-/m0/s1. The van der Waals surface area contributed by atoms with Gasteiger partial charge in [-0.3, -0.25) is 9.59 Å². The molecule has 2 aromatic carbocycles. The number of aryl methyl sites for hydroxylation is 2. The number of hydrogen-bond donors (Lipinski definition) is 3. The number of rotatable bonds is 9. The SMILES string of the molecule is Cc1oc2cc3oc(=O)c(CCC(=O)NCC(=O)N[C@H](C(=O)O)C(C)C)c(C)c3cc2c1-c1ccccc1. The number of carbonyl (C=O) groups excluding carboxylic acids is 2. The Balaban J connectivity index is 1.52. The van der Waals surface area contributed by atoms with Crippen LogP contribution in [0, 0.1) is 19.8 Å². The highest BCUT2D eigenvalue weighted by Gasteiger charge is 2.23. The van der Waals surface area contributed by atoms with E-state index in [4.69, 9.17) is 8.83 Å². The second kappa shape index (κ2) is 10.9. The van der Waals surface area contributed by atoms with Crippen molar-refractivity contribution in [3.05, 3.63) is 69.8 Å². The molecule has 0 unspecified atom stereocenters. The summed E-state index contributed by atoms with van der Waals surface area (Å²) in [5.74, 6) is -1.74. The number of carboxylic acids is 1. The van der Waals surface area contributed by atoms with E-state index < -0.39 is 29.5 Å². The Morgan fingerprint density at radius 2 is 1.63 bits per heavy atom. The maximum atomic E-state index is 12.8. The molecule has 9 heteroatoms. The molecule has 9 nitrogen and oxygen atoms in total. The third-order valence-corrected chi connectivity index (χ3v) is 6.63. The first-order chi connectivity index (χ1) is 18.1. The van der Waals surface area contributed by atoms with Crippen LogP contribution < -0.4 is 16.3 Å². The van der Waals surface area contributed by atoms with Crippen LogP contribution in [0.2, 0.25) is 0 Å². The molecule has 0 saturated carbocycles. The van der Waals surface area contributed by atoms with Crippen molar-refractivity contribution in [3.8, 4) is 11.1 Å². The van der Waals surface area contributed by atoms with Gasteiger partial charge in [0.25, 0.3) is 0 Å². The summed E-state index contributed by atoms with van der Waals surface area (Å²) in [6.07, 6.45) is 0.0779.